The Labute approximate surface area is 102 Å². The normalized spacial score (nSPS) is 10.1. The summed E-state index contributed by atoms with van der Waals surface area (Å²) >= 11 is 0. The van der Waals surface area contributed by atoms with Crippen LogP contribution in [0.3, 0.4) is 0 Å². The molecule has 2 rings (SSSR count). The Morgan fingerprint density at radius 3 is 3.00 bits per heavy atom. The summed E-state index contributed by atoms with van der Waals surface area (Å²) in [6.45, 7) is 0.227. The van der Waals surface area contributed by atoms with E-state index in [0.717, 1.165) is 0 Å². The number of hydrogen-bond acceptors (Lipinski definition) is 7. The number of benzene rings is 1. The van der Waals surface area contributed by atoms with Crippen LogP contribution in [0, 0.1) is 10.1 Å². The summed E-state index contributed by atoms with van der Waals surface area (Å²) in [7, 11) is 1.38. The second-order valence-electron chi connectivity index (χ2n) is 3.31. The Morgan fingerprint density at radius 2 is 2.39 bits per heavy atom. The number of nitrogens with zero attached hydrogens (tertiary/aromatic N) is 3. The van der Waals surface area contributed by atoms with Crippen LogP contribution in [0.4, 0.5) is 11.4 Å². The second kappa shape index (κ2) is 5.13. The Bertz CT molecular complexity index is 541. The minimum absolute atomic E-state index is 0.122. The topological polar surface area (TPSA) is 103 Å². The smallest absolute Gasteiger partial charge is 0.333 e. The third-order valence-corrected chi connectivity index (χ3v) is 2.25. The zero-order valence-electron chi connectivity index (χ0n) is 9.49. The molecule has 1 N–H and O–H groups in total. The number of aromatic nitrogens is 2. The number of para-hydroxylation sites is 1. The van der Waals surface area contributed by atoms with Gasteiger partial charge < -0.3 is 14.6 Å². The van der Waals surface area contributed by atoms with E-state index in [-0.39, 0.29) is 18.0 Å². The van der Waals surface area contributed by atoms with E-state index in [1.807, 2.05) is 0 Å². The Kier molecular flexibility index (Phi) is 3.37. The Balaban J connectivity index is 2.24. The molecule has 1 aromatic carbocycles. The van der Waals surface area contributed by atoms with Crippen molar-refractivity contribution >= 4 is 11.4 Å². The first-order chi connectivity index (χ1) is 8.72. The van der Waals surface area contributed by atoms with Crippen molar-refractivity contribution in [1.82, 2.24) is 10.1 Å². The highest BCUT2D eigenvalue weighted by Crippen LogP contribution is 2.34. The molecule has 0 saturated heterocycles. The van der Waals surface area contributed by atoms with E-state index < -0.39 is 4.92 Å². The molecular weight excluding hydrogens is 240 g/mol. The van der Waals surface area contributed by atoms with Gasteiger partial charge in [-0.25, -0.2) is 0 Å². The molecule has 18 heavy (non-hydrogen) atoms. The van der Waals surface area contributed by atoms with Gasteiger partial charge in [-0.3, -0.25) is 10.1 Å². The van der Waals surface area contributed by atoms with Crippen LogP contribution in [0.5, 0.6) is 5.75 Å². The summed E-state index contributed by atoms with van der Waals surface area (Å²) in [5.74, 6) is 0.602. The molecule has 8 heteroatoms. The van der Waals surface area contributed by atoms with Gasteiger partial charge in [0.1, 0.15) is 5.69 Å². The highest BCUT2D eigenvalue weighted by atomic mass is 16.6. The van der Waals surface area contributed by atoms with Gasteiger partial charge in [-0.1, -0.05) is 11.2 Å². The summed E-state index contributed by atoms with van der Waals surface area (Å²) in [5, 5.41) is 17.5. The fourth-order valence-electron chi connectivity index (χ4n) is 1.46. The lowest BCUT2D eigenvalue weighted by Crippen LogP contribution is -2.05. The quantitative estimate of drug-likeness (QED) is 0.634. The van der Waals surface area contributed by atoms with E-state index in [2.05, 4.69) is 20.0 Å². The maximum absolute atomic E-state index is 11.0. The molecule has 1 aromatic heterocycles. The summed E-state index contributed by atoms with van der Waals surface area (Å²) in [4.78, 5) is 14.3. The van der Waals surface area contributed by atoms with Crippen molar-refractivity contribution in [2.45, 2.75) is 6.54 Å². The third-order valence-electron chi connectivity index (χ3n) is 2.25. The van der Waals surface area contributed by atoms with E-state index in [9.17, 15) is 10.1 Å². The number of anilines is 1. The lowest BCUT2D eigenvalue weighted by molar-refractivity contribution is -0.384. The maximum Gasteiger partial charge on any atom is 0.333 e. The summed E-state index contributed by atoms with van der Waals surface area (Å²) in [6, 6.07) is 4.77. The van der Waals surface area contributed by atoms with E-state index in [1.165, 1.54) is 19.6 Å². The summed E-state index contributed by atoms with van der Waals surface area (Å²) in [5.41, 5.74) is 0.215. The molecule has 94 valence electrons. The number of nitro groups is 1. The molecular formula is C10H10N4O4. The maximum atomic E-state index is 11.0. The Morgan fingerprint density at radius 1 is 1.56 bits per heavy atom. The summed E-state index contributed by atoms with van der Waals surface area (Å²) in [6.07, 6.45) is 1.19. The van der Waals surface area contributed by atoms with Crippen molar-refractivity contribution in [3.05, 3.63) is 40.5 Å². The number of ether oxygens (including phenoxy) is 1. The van der Waals surface area contributed by atoms with Gasteiger partial charge in [-0.15, -0.1) is 0 Å². The van der Waals surface area contributed by atoms with Crippen LogP contribution in [0.25, 0.3) is 0 Å². The van der Waals surface area contributed by atoms with Crippen molar-refractivity contribution < 1.29 is 14.2 Å². The minimum Gasteiger partial charge on any atom is -0.490 e. The number of hydrogen-bond donors (Lipinski definition) is 1. The highest BCUT2D eigenvalue weighted by Gasteiger charge is 2.20. The fraction of sp³-hybridized carbons (Fsp3) is 0.200. The van der Waals surface area contributed by atoms with Crippen LogP contribution in [-0.4, -0.2) is 22.2 Å². The molecule has 0 unspecified atom stereocenters. The highest BCUT2D eigenvalue weighted by molar-refractivity contribution is 5.68. The molecule has 0 saturated carbocycles. The minimum atomic E-state index is -0.503. The van der Waals surface area contributed by atoms with E-state index in [0.29, 0.717) is 11.5 Å². The first-order valence-corrected chi connectivity index (χ1v) is 5.03. The first-order valence-electron chi connectivity index (χ1n) is 5.03. The van der Waals surface area contributed by atoms with Crippen molar-refractivity contribution in [3.8, 4) is 5.75 Å². The van der Waals surface area contributed by atoms with Crippen LogP contribution in [0.1, 0.15) is 5.82 Å². The van der Waals surface area contributed by atoms with Gasteiger partial charge in [0, 0.05) is 0 Å². The number of methoxy groups -OCH3 is 1. The van der Waals surface area contributed by atoms with Crippen LogP contribution < -0.4 is 10.1 Å². The predicted molar refractivity (Wildman–Crippen MR) is 61.3 cm³/mol. The molecule has 0 aliphatic heterocycles. The molecule has 8 nitrogen and oxygen atoms in total. The molecule has 1 heterocycles. The summed E-state index contributed by atoms with van der Waals surface area (Å²) < 4.78 is 9.52. The largest absolute Gasteiger partial charge is 0.490 e. The predicted octanol–water partition coefficient (Wildman–Crippen LogP) is 1.60. The molecule has 0 fully saturated rings. The molecule has 0 radical (unpaired) electrons. The zero-order valence-corrected chi connectivity index (χ0v) is 9.49. The van der Waals surface area contributed by atoms with Crippen molar-refractivity contribution in [3.63, 3.8) is 0 Å². The van der Waals surface area contributed by atoms with Gasteiger partial charge in [0.25, 0.3) is 0 Å². The van der Waals surface area contributed by atoms with Gasteiger partial charge in [0.2, 0.25) is 6.39 Å². The molecule has 0 atom stereocenters. The molecule has 0 aliphatic rings. The Hall–Kier alpha value is -2.64. The van der Waals surface area contributed by atoms with E-state index in [1.54, 1.807) is 12.1 Å². The molecule has 0 spiro atoms. The average Bonchev–Trinajstić information content (AvgIpc) is 2.88. The van der Waals surface area contributed by atoms with Crippen molar-refractivity contribution in [2.75, 3.05) is 12.4 Å². The van der Waals surface area contributed by atoms with Crippen LogP contribution in [-0.2, 0) is 6.54 Å². The fourth-order valence-corrected chi connectivity index (χ4v) is 1.46. The monoisotopic (exact) mass is 250 g/mol. The second-order valence-corrected chi connectivity index (χ2v) is 3.31. The van der Waals surface area contributed by atoms with Gasteiger partial charge in [0.15, 0.2) is 11.6 Å². The molecule has 0 aliphatic carbocycles. The molecule has 0 amide bonds. The van der Waals surface area contributed by atoms with Crippen molar-refractivity contribution in [1.29, 1.82) is 0 Å². The average molecular weight is 250 g/mol. The number of rotatable bonds is 5. The lowest BCUT2D eigenvalue weighted by Gasteiger charge is -2.07. The van der Waals surface area contributed by atoms with Crippen LogP contribution in [0.15, 0.2) is 29.1 Å². The number of nitrogens with one attached hydrogen (secondary N) is 1. The van der Waals surface area contributed by atoms with E-state index in [4.69, 9.17) is 4.74 Å². The first kappa shape index (κ1) is 11.8. The van der Waals surface area contributed by atoms with Gasteiger partial charge in [-0.05, 0) is 12.1 Å². The van der Waals surface area contributed by atoms with E-state index >= 15 is 0 Å². The van der Waals surface area contributed by atoms with Crippen molar-refractivity contribution in [2.24, 2.45) is 0 Å². The van der Waals surface area contributed by atoms with Crippen LogP contribution in [0.2, 0.25) is 0 Å². The van der Waals surface area contributed by atoms with Gasteiger partial charge >= 0.3 is 5.69 Å². The molecule has 0 bridgehead atoms. The SMILES string of the molecule is COc1cccc(NCc2ncon2)c1[N+](=O)[O-]. The zero-order chi connectivity index (χ0) is 13.0. The van der Waals surface area contributed by atoms with Gasteiger partial charge in [-0.2, -0.15) is 4.98 Å². The van der Waals surface area contributed by atoms with Gasteiger partial charge in [0.05, 0.1) is 18.6 Å². The number of nitro benzene ring substituents is 1. The molecule has 2 aromatic rings. The van der Waals surface area contributed by atoms with Crippen LogP contribution >= 0.6 is 0 Å². The standard InChI is InChI=1S/C10H10N4O4/c1-17-8-4-2-3-7(10(8)14(15)16)11-5-9-12-6-18-13-9/h2-4,6,11H,5H2,1H3. The lowest BCUT2D eigenvalue weighted by atomic mass is 10.2. The third kappa shape index (κ3) is 2.37.